The van der Waals surface area contributed by atoms with Gasteiger partial charge in [0.25, 0.3) is 5.91 Å². The second-order valence-corrected chi connectivity index (χ2v) is 8.66. The van der Waals surface area contributed by atoms with Crippen molar-refractivity contribution in [3.8, 4) is 5.75 Å². The predicted octanol–water partition coefficient (Wildman–Crippen LogP) is 4.68. The van der Waals surface area contributed by atoms with Crippen molar-refractivity contribution in [2.75, 3.05) is 0 Å². The number of benzene rings is 4. The van der Waals surface area contributed by atoms with Crippen LogP contribution in [-0.4, -0.2) is 20.5 Å². The Morgan fingerprint density at radius 3 is 2.31 bits per heavy atom. The molecule has 0 atom stereocenters. The third kappa shape index (κ3) is 4.68. The maximum Gasteiger partial charge on any atom is 0.339 e. The lowest BCUT2D eigenvalue weighted by Gasteiger charge is -2.12. The van der Waals surface area contributed by atoms with Gasteiger partial charge in [0.2, 0.25) is 0 Å². The van der Waals surface area contributed by atoms with Crippen molar-refractivity contribution in [3.05, 3.63) is 108 Å². The normalized spacial score (nSPS) is 11.5. The molecule has 1 amide bonds. The molecular weight excluding hydrogens is 424 g/mol. The molecule has 0 radical (unpaired) electrons. The van der Waals surface area contributed by atoms with Gasteiger partial charge in [0.1, 0.15) is 4.90 Å². The van der Waals surface area contributed by atoms with Crippen molar-refractivity contribution in [1.82, 2.24) is 5.43 Å². The van der Waals surface area contributed by atoms with Crippen LogP contribution in [-0.2, 0) is 10.1 Å². The smallest absolute Gasteiger partial charge is 0.339 e. The lowest BCUT2D eigenvalue weighted by Crippen LogP contribution is -2.17. The quantitative estimate of drug-likeness (QED) is 0.266. The van der Waals surface area contributed by atoms with Gasteiger partial charge < -0.3 is 4.18 Å². The van der Waals surface area contributed by atoms with Gasteiger partial charge in [0.05, 0.1) is 6.21 Å². The minimum Gasteiger partial charge on any atom is -0.378 e. The van der Waals surface area contributed by atoms with Gasteiger partial charge in [-0.15, -0.1) is 0 Å². The topological polar surface area (TPSA) is 84.8 Å². The molecule has 6 nitrogen and oxygen atoms in total. The molecule has 4 aromatic rings. The summed E-state index contributed by atoms with van der Waals surface area (Å²) in [5, 5.41) is 5.66. The van der Waals surface area contributed by atoms with Crippen molar-refractivity contribution in [2.24, 2.45) is 5.10 Å². The Morgan fingerprint density at radius 1 is 0.875 bits per heavy atom. The van der Waals surface area contributed by atoms with Gasteiger partial charge in [0, 0.05) is 11.1 Å². The summed E-state index contributed by atoms with van der Waals surface area (Å²) in [6.07, 6.45) is 1.39. The minimum absolute atomic E-state index is 0.0523. The van der Waals surface area contributed by atoms with E-state index >= 15 is 0 Å². The van der Waals surface area contributed by atoms with Crippen molar-refractivity contribution in [3.63, 3.8) is 0 Å². The van der Waals surface area contributed by atoms with Crippen LogP contribution in [0.3, 0.4) is 0 Å². The number of hydrogen-bond donors (Lipinski definition) is 1. The molecule has 32 heavy (non-hydrogen) atoms. The lowest BCUT2D eigenvalue weighted by molar-refractivity contribution is 0.0955. The monoisotopic (exact) mass is 444 g/mol. The Morgan fingerprint density at radius 2 is 1.56 bits per heavy atom. The zero-order valence-corrected chi connectivity index (χ0v) is 18.0. The van der Waals surface area contributed by atoms with Gasteiger partial charge in [0.15, 0.2) is 5.75 Å². The molecule has 4 rings (SSSR count). The Balaban J connectivity index is 1.68. The second kappa shape index (κ2) is 9.03. The van der Waals surface area contributed by atoms with Gasteiger partial charge in [-0.1, -0.05) is 66.2 Å². The number of rotatable bonds is 6. The summed E-state index contributed by atoms with van der Waals surface area (Å²) in [5.41, 5.74) is 4.30. The zero-order valence-electron chi connectivity index (χ0n) is 17.2. The van der Waals surface area contributed by atoms with Crippen molar-refractivity contribution >= 4 is 33.0 Å². The van der Waals surface area contributed by atoms with E-state index in [1.807, 2.05) is 37.3 Å². The summed E-state index contributed by atoms with van der Waals surface area (Å²) in [6, 6.07) is 25.9. The fraction of sp³-hybridized carbons (Fsp3) is 0.0400. The molecule has 1 N–H and O–H groups in total. The number of amides is 1. The second-order valence-electron chi connectivity index (χ2n) is 7.11. The summed E-state index contributed by atoms with van der Waals surface area (Å²) in [7, 11) is -4.05. The van der Waals surface area contributed by atoms with Crippen LogP contribution in [0.5, 0.6) is 5.75 Å². The van der Waals surface area contributed by atoms with Crippen LogP contribution >= 0.6 is 0 Å². The molecule has 0 heterocycles. The summed E-state index contributed by atoms with van der Waals surface area (Å²) in [6.45, 7) is 1.87. The van der Waals surface area contributed by atoms with Crippen LogP contribution in [0.25, 0.3) is 10.8 Å². The number of nitrogens with zero attached hydrogens (tertiary/aromatic N) is 1. The van der Waals surface area contributed by atoms with Gasteiger partial charge in [-0.05, 0) is 48.0 Å². The van der Waals surface area contributed by atoms with E-state index in [0.29, 0.717) is 11.1 Å². The minimum atomic E-state index is -4.05. The van der Waals surface area contributed by atoms with Crippen molar-refractivity contribution in [2.45, 2.75) is 11.8 Å². The first-order valence-corrected chi connectivity index (χ1v) is 11.3. The van der Waals surface area contributed by atoms with Gasteiger partial charge >= 0.3 is 10.1 Å². The molecule has 0 aromatic heterocycles. The van der Waals surface area contributed by atoms with Crippen LogP contribution in [0.1, 0.15) is 21.5 Å². The molecular formula is C25H20N2O4S. The third-order valence-electron chi connectivity index (χ3n) is 4.84. The van der Waals surface area contributed by atoms with Crippen LogP contribution in [0, 0.1) is 6.92 Å². The summed E-state index contributed by atoms with van der Waals surface area (Å²) in [5.74, 6) is -0.265. The summed E-state index contributed by atoms with van der Waals surface area (Å²) in [4.78, 5) is 12.3. The van der Waals surface area contributed by atoms with E-state index in [2.05, 4.69) is 10.5 Å². The predicted molar refractivity (Wildman–Crippen MR) is 124 cm³/mol. The van der Waals surface area contributed by atoms with E-state index in [0.717, 1.165) is 16.3 Å². The first kappa shape index (κ1) is 21.3. The highest BCUT2D eigenvalue weighted by Gasteiger charge is 2.19. The highest BCUT2D eigenvalue weighted by molar-refractivity contribution is 7.87. The molecule has 0 bridgehead atoms. The molecule has 0 spiro atoms. The molecule has 4 aromatic carbocycles. The molecule has 0 saturated carbocycles. The number of nitrogens with one attached hydrogen (secondary N) is 1. The number of hydrogen-bond acceptors (Lipinski definition) is 5. The Labute approximate surface area is 186 Å². The fourth-order valence-electron chi connectivity index (χ4n) is 3.16. The lowest BCUT2D eigenvalue weighted by atomic mass is 10.0. The number of hydrazone groups is 1. The number of fused-ring (bicyclic) bond motifs is 1. The third-order valence-corrected chi connectivity index (χ3v) is 6.08. The first-order chi connectivity index (χ1) is 15.4. The van der Waals surface area contributed by atoms with E-state index in [9.17, 15) is 13.2 Å². The Hall–Kier alpha value is -3.97. The van der Waals surface area contributed by atoms with E-state index in [4.69, 9.17) is 4.18 Å². The Bertz CT molecular complexity index is 1400. The average molecular weight is 445 g/mol. The molecule has 0 saturated heterocycles. The average Bonchev–Trinajstić information content (AvgIpc) is 2.81. The van der Waals surface area contributed by atoms with E-state index in [1.54, 1.807) is 48.5 Å². The molecule has 0 aliphatic carbocycles. The number of aryl methyl sites for hydroxylation is 1. The number of carbonyl (C=O) groups excluding carboxylic acids is 1. The highest BCUT2D eigenvalue weighted by Crippen LogP contribution is 2.29. The molecule has 0 aliphatic heterocycles. The highest BCUT2D eigenvalue weighted by atomic mass is 32.2. The Kier molecular flexibility index (Phi) is 6.00. The van der Waals surface area contributed by atoms with Crippen molar-refractivity contribution in [1.29, 1.82) is 0 Å². The SMILES string of the molecule is Cc1ccc(S(=O)(=O)Oc2ccc3ccccc3c2/C=N\NC(=O)c2ccccc2)cc1. The largest absolute Gasteiger partial charge is 0.378 e. The van der Waals surface area contributed by atoms with Crippen LogP contribution in [0.15, 0.2) is 101 Å². The summed E-state index contributed by atoms with van der Waals surface area (Å²) >= 11 is 0. The van der Waals surface area contributed by atoms with Crippen LogP contribution in [0.4, 0.5) is 0 Å². The first-order valence-electron chi connectivity index (χ1n) is 9.85. The maximum atomic E-state index is 12.8. The van der Waals surface area contributed by atoms with Gasteiger partial charge in [-0.2, -0.15) is 13.5 Å². The fourth-order valence-corrected chi connectivity index (χ4v) is 4.11. The van der Waals surface area contributed by atoms with Gasteiger partial charge in [-0.3, -0.25) is 4.79 Å². The van der Waals surface area contributed by atoms with Crippen LogP contribution in [0.2, 0.25) is 0 Å². The van der Waals surface area contributed by atoms with Crippen LogP contribution < -0.4 is 9.61 Å². The molecule has 0 aliphatic rings. The standard InChI is InChI=1S/C25H20N2O4S/c1-18-11-14-21(15-12-18)32(29,30)31-24-16-13-19-7-5-6-10-22(19)23(24)17-26-27-25(28)20-8-3-2-4-9-20/h2-17H,1H3,(H,27,28)/b26-17-. The number of carbonyl (C=O) groups is 1. The van der Waals surface area contributed by atoms with Gasteiger partial charge in [-0.25, -0.2) is 5.43 Å². The zero-order chi connectivity index (χ0) is 22.6. The van der Waals surface area contributed by atoms with E-state index < -0.39 is 10.1 Å². The molecule has 0 unspecified atom stereocenters. The summed E-state index contributed by atoms with van der Waals surface area (Å²) < 4.78 is 31.1. The maximum absolute atomic E-state index is 12.8. The molecule has 0 fully saturated rings. The molecule has 160 valence electrons. The molecule has 7 heteroatoms. The van der Waals surface area contributed by atoms with Crippen molar-refractivity contribution < 1.29 is 17.4 Å². The van der Waals surface area contributed by atoms with E-state index in [-0.39, 0.29) is 16.6 Å². The van der Waals surface area contributed by atoms with E-state index in [1.165, 1.54) is 18.3 Å².